The van der Waals surface area contributed by atoms with Crippen LogP contribution in [0.1, 0.15) is 11.1 Å². The van der Waals surface area contributed by atoms with Gasteiger partial charge in [0.25, 0.3) is 15.8 Å². The van der Waals surface area contributed by atoms with E-state index in [0.717, 1.165) is 23.8 Å². The summed E-state index contributed by atoms with van der Waals surface area (Å²) >= 11 is 0. The van der Waals surface area contributed by atoms with Gasteiger partial charge in [-0.3, -0.25) is 14.3 Å². The fourth-order valence-electron chi connectivity index (χ4n) is 2.97. The van der Waals surface area contributed by atoms with Gasteiger partial charge in [0, 0.05) is 6.07 Å². The molecule has 0 atom stereocenters. The maximum atomic E-state index is 12.4. The predicted octanol–water partition coefficient (Wildman–Crippen LogP) is 3.54. The number of benzene rings is 3. The van der Waals surface area contributed by atoms with E-state index in [1.54, 1.807) is 49.4 Å². The fourth-order valence-corrected chi connectivity index (χ4v) is 4.69. The van der Waals surface area contributed by atoms with Gasteiger partial charge in [-0.1, -0.05) is 52.4 Å². The molecule has 3 aromatic carbocycles. The average molecular weight is 568 g/mol. The van der Waals surface area contributed by atoms with Crippen molar-refractivity contribution in [3.05, 3.63) is 94.0 Å². The zero-order valence-electron chi connectivity index (χ0n) is 20.2. The molecule has 0 saturated heterocycles. The molecule has 0 fully saturated rings. The monoisotopic (exact) mass is 567 g/mol. The molecule has 3 aromatic rings. The van der Waals surface area contributed by atoms with Crippen molar-refractivity contribution in [2.75, 3.05) is 26.4 Å². The number of hydrogen-bond acceptors (Lipinski definition) is 11. The SMILES string of the molecule is Cc1ccc(S(=O)(=O)OOc2ccc([N+](=O)[O-])cc2OCCOCCOS(=O)(=O)Cc2ccccc2)cc1. The maximum absolute atomic E-state index is 12.4. The second-order valence-electron chi connectivity index (χ2n) is 7.78. The zero-order chi connectivity index (χ0) is 27.6. The molecule has 0 heterocycles. The lowest BCUT2D eigenvalue weighted by molar-refractivity contribution is -0.385. The summed E-state index contributed by atoms with van der Waals surface area (Å²) in [5, 5.41) is 11.1. The molecule has 12 nitrogen and oxygen atoms in total. The first-order valence-corrected chi connectivity index (χ1v) is 14.1. The molecule has 0 aliphatic heterocycles. The number of ether oxygens (including phenoxy) is 2. The second-order valence-corrected chi connectivity index (χ2v) is 10.9. The highest BCUT2D eigenvalue weighted by molar-refractivity contribution is 7.86. The van der Waals surface area contributed by atoms with Gasteiger partial charge in [-0.2, -0.15) is 16.8 Å². The van der Waals surface area contributed by atoms with Crippen LogP contribution >= 0.6 is 0 Å². The van der Waals surface area contributed by atoms with Crippen molar-refractivity contribution in [2.24, 2.45) is 0 Å². The van der Waals surface area contributed by atoms with E-state index in [-0.39, 0.29) is 54.3 Å². The van der Waals surface area contributed by atoms with Gasteiger partial charge in [-0.15, -0.1) is 0 Å². The lowest BCUT2D eigenvalue weighted by Gasteiger charge is -2.12. The molecule has 0 radical (unpaired) electrons. The molecular formula is C24H25NO11S2. The molecule has 0 bridgehead atoms. The van der Waals surface area contributed by atoms with Gasteiger partial charge in [-0.05, 0) is 30.7 Å². The summed E-state index contributed by atoms with van der Waals surface area (Å²) in [6.45, 7) is 1.35. The van der Waals surface area contributed by atoms with Gasteiger partial charge in [0.15, 0.2) is 5.75 Å². The number of aryl methyl sites for hydroxylation is 1. The fraction of sp³-hybridized carbons (Fsp3) is 0.250. The number of nitro benzene ring substituents is 1. The summed E-state index contributed by atoms with van der Waals surface area (Å²) in [5.41, 5.74) is 1.11. The van der Waals surface area contributed by atoms with Crippen LogP contribution in [0.4, 0.5) is 5.69 Å². The van der Waals surface area contributed by atoms with Gasteiger partial charge in [0.05, 0.1) is 35.7 Å². The molecule has 0 N–H and O–H groups in total. The van der Waals surface area contributed by atoms with E-state index in [1.165, 1.54) is 12.1 Å². The van der Waals surface area contributed by atoms with Crippen molar-refractivity contribution < 1.29 is 44.6 Å². The molecule has 14 heteroatoms. The van der Waals surface area contributed by atoms with E-state index in [9.17, 15) is 26.9 Å². The van der Waals surface area contributed by atoms with Crippen LogP contribution in [0.5, 0.6) is 11.5 Å². The summed E-state index contributed by atoms with van der Waals surface area (Å²) in [4.78, 5) is 15.3. The number of hydrogen-bond donors (Lipinski definition) is 0. The molecule has 38 heavy (non-hydrogen) atoms. The predicted molar refractivity (Wildman–Crippen MR) is 135 cm³/mol. The second kappa shape index (κ2) is 13.3. The Morgan fingerprint density at radius 3 is 2.18 bits per heavy atom. The van der Waals surface area contributed by atoms with E-state index in [1.807, 2.05) is 0 Å². The van der Waals surface area contributed by atoms with Crippen LogP contribution in [0.25, 0.3) is 0 Å². The lowest BCUT2D eigenvalue weighted by atomic mass is 10.2. The van der Waals surface area contributed by atoms with Crippen molar-refractivity contribution >= 4 is 25.9 Å². The normalized spacial score (nSPS) is 11.7. The molecular weight excluding hydrogens is 542 g/mol. The Bertz CT molecular complexity index is 1430. The summed E-state index contributed by atoms with van der Waals surface area (Å²) in [7, 11) is -8.07. The molecule has 0 unspecified atom stereocenters. The van der Waals surface area contributed by atoms with Crippen LogP contribution in [-0.2, 0) is 39.2 Å². The van der Waals surface area contributed by atoms with E-state index < -0.39 is 25.2 Å². The Labute approximate surface area is 220 Å². The van der Waals surface area contributed by atoms with Gasteiger partial charge in [-0.25, -0.2) is 0 Å². The Morgan fingerprint density at radius 2 is 1.50 bits per heavy atom. The third-order valence-corrected chi connectivity index (χ3v) is 7.13. The van der Waals surface area contributed by atoms with E-state index in [0.29, 0.717) is 5.56 Å². The highest BCUT2D eigenvalue weighted by atomic mass is 32.2. The van der Waals surface area contributed by atoms with Crippen LogP contribution in [-0.4, -0.2) is 48.2 Å². The topological polar surface area (TPSA) is 158 Å². The van der Waals surface area contributed by atoms with Crippen molar-refractivity contribution in [3.8, 4) is 11.5 Å². The molecule has 0 aromatic heterocycles. The number of nitrogens with zero attached hydrogens (tertiary/aromatic N) is 1. The molecule has 0 aliphatic carbocycles. The third kappa shape index (κ3) is 9.08. The minimum atomic E-state index is -4.29. The molecule has 0 amide bonds. The lowest BCUT2D eigenvalue weighted by Crippen LogP contribution is -2.15. The molecule has 0 saturated carbocycles. The summed E-state index contributed by atoms with van der Waals surface area (Å²) in [6.07, 6.45) is 0. The Hall–Kier alpha value is -3.56. The van der Waals surface area contributed by atoms with Crippen LogP contribution < -0.4 is 9.62 Å². The van der Waals surface area contributed by atoms with Crippen molar-refractivity contribution in [1.29, 1.82) is 0 Å². The summed E-state index contributed by atoms with van der Waals surface area (Å²) in [6, 6.07) is 17.7. The van der Waals surface area contributed by atoms with Gasteiger partial charge >= 0.3 is 10.1 Å². The van der Waals surface area contributed by atoms with Crippen molar-refractivity contribution in [1.82, 2.24) is 0 Å². The highest BCUT2D eigenvalue weighted by Gasteiger charge is 2.20. The quantitative estimate of drug-likeness (QED) is 0.0869. The van der Waals surface area contributed by atoms with Crippen LogP contribution in [0.2, 0.25) is 0 Å². The molecule has 204 valence electrons. The number of rotatable bonds is 15. The van der Waals surface area contributed by atoms with E-state index >= 15 is 0 Å². The third-order valence-electron chi connectivity index (χ3n) is 4.82. The van der Waals surface area contributed by atoms with Gasteiger partial charge in [0.2, 0.25) is 5.75 Å². The Balaban J connectivity index is 1.49. The Morgan fingerprint density at radius 1 is 0.816 bits per heavy atom. The van der Waals surface area contributed by atoms with Crippen molar-refractivity contribution in [2.45, 2.75) is 17.6 Å². The first-order chi connectivity index (χ1) is 18.1. The minimum absolute atomic E-state index is 0.0350. The first kappa shape index (κ1) is 29.0. The molecule has 3 rings (SSSR count). The van der Waals surface area contributed by atoms with Crippen LogP contribution in [0, 0.1) is 17.0 Å². The maximum Gasteiger partial charge on any atom is 0.332 e. The smallest absolute Gasteiger partial charge is 0.332 e. The van der Waals surface area contributed by atoms with E-state index in [4.69, 9.17) is 18.5 Å². The van der Waals surface area contributed by atoms with Crippen LogP contribution in [0.15, 0.2) is 77.7 Å². The van der Waals surface area contributed by atoms with Gasteiger partial charge in [0.1, 0.15) is 12.4 Å². The first-order valence-electron chi connectivity index (χ1n) is 11.1. The largest absolute Gasteiger partial charge is 0.487 e. The Kier molecular flexibility index (Phi) is 10.2. The van der Waals surface area contributed by atoms with Crippen LogP contribution in [0.3, 0.4) is 0 Å². The standard InChI is InChI=1S/C24H25NO11S2/c1-19-7-10-22(11-8-19)38(30,31)36-35-23-12-9-21(25(26)27)17-24(23)33-15-13-32-14-16-34-37(28,29)18-20-5-3-2-4-6-20/h2-12,17H,13-16,18H2,1H3. The summed E-state index contributed by atoms with van der Waals surface area (Å²) < 4.78 is 69.0. The van der Waals surface area contributed by atoms with Crippen molar-refractivity contribution in [3.63, 3.8) is 0 Å². The van der Waals surface area contributed by atoms with E-state index in [2.05, 4.69) is 4.33 Å². The molecule has 0 aliphatic rings. The van der Waals surface area contributed by atoms with Gasteiger partial charge < -0.3 is 14.4 Å². The number of non-ortho nitro benzene ring substituents is 1. The summed E-state index contributed by atoms with van der Waals surface area (Å²) in [5.74, 6) is -0.654. The highest BCUT2D eigenvalue weighted by Crippen LogP contribution is 2.32. The zero-order valence-corrected chi connectivity index (χ0v) is 21.9. The molecule has 0 spiro atoms. The minimum Gasteiger partial charge on any atom is -0.487 e. The average Bonchev–Trinajstić information content (AvgIpc) is 2.87. The number of nitro groups is 1.